The summed E-state index contributed by atoms with van der Waals surface area (Å²) in [4.78, 5) is 2.55. The normalized spacial score (nSPS) is 12.7. The topological polar surface area (TPSA) is 3.24 Å². The van der Waals surface area contributed by atoms with E-state index in [0.717, 1.165) is 12.0 Å². The zero-order valence-electron chi connectivity index (χ0n) is 10.7. The second kappa shape index (κ2) is 10.0. The average Bonchev–Trinajstić information content (AvgIpc) is 2.16. The second-order valence-corrected chi connectivity index (χ2v) is 3.44. The molecule has 1 nitrogen and oxygen atoms in total. The van der Waals surface area contributed by atoms with Gasteiger partial charge in [-0.2, -0.15) is 0 Å². The van der Waals surface area contributed by atoms with Crippen LogP contribution in [0.15, 0.2) is 0 Å². The molecule has 0 aromatic carbocycles. The van der Waals surface area contributed by atoms with Gasteiger partial charge in [0, 0.05) is 6.04 Å². The van der Waals surface area contributed by atoms with Gasteiger partial charge in [0.25, 0.3) is 0 Å². The molecule has 1 unspecified atom stereocenters. The van der Waals surface area contributed by atoms with E-state index in [9.17, 15) is 0 Å². The fourth-order valence-electron chi connectivity index (χ4n) is 1.84. The van der Waals surface area contributed by atoms with Gasteiger partial charge in [0.1, 0.15) is 0 Å². The van der Waals surface area contributed by atoms with Crippen LogP contribution < -0.4 is 0 Å². The maximum Gasteiger partial charge on any atom is 0.0115 e. The molecule has 0 spiro atoms. The Hall–Kier alpha value is -0.0400. The molecule has 0 radical (unpaired) electrons. The zero-order chi connectivity index (χ0) is 10.9. The summed E-state index contributed by atoms with van der Waals surface area (Å²) in [6.45, 7) is 17.8. The van der Waals surface area contributed by atoms with E-state index in [1.807, 2.05) is 13.8 Å². The summed E-state index contributed by atoms with van der Waals surface area (Å²) in [6.07, 6.45) is 1.28. The van der Waals surface area contributed by atoms with Crippen LogP contribution in [0.25, 0.3) is 0 Å². The van der Waals surface area contributed by atoms with Crippen LogP contribution in [0.2, 0.25) is 0 Å². The Balaban J connectivity index is 0. The van der Waals surface area contributed by atoms with Gasteiger partial charge in [0.15, 0.2) is 0 Å². The number of hydrogen-bond donors (Lipinski definition) is 0. The van der Waals surface area contributed by atoms with Gasteiger partial charge in [0.2, 0.25) is 0 Å². The lowest BCUT2D eigenvalue weighted by atomic mass is 10.00. The summed E-state index contributed by atoms with van der Waals surface area (Å²) >= 11 is 0. The smallest absolute Gasteiger partial charge is 0.0115 e. The Kier molecular flexibility index (Phi) is 11.9. The summed E-state index contributed by atoms with van der Waals surface area (Å²) in [6, 6.07) is 0.782. The Morgan fingerprint density at radius 3 is 1.38 bits per heavy atom. The minimum absolute atomic E-state index is 0.782. The molecule has 13 heavy (non-hydrogen) atoms. The van der Waals surface area contributed by atoms with Gasteiger partial charge < -0.3 is 4.90 Å². The van der Waals surface area contributed by atoms with E-state index in [4.69, 9.17) is 0 Å². The van der Waals surface area contributed by atoms with Crippen molar-refractivity contribution in [3.63, 3.8) is 0 Å². The maximum absolute atomic E-state index is 2.55. The van der Waals surface area contributed by atoms with Crippen molar-refractivity contribution in [2.45, 2.75) is 60.9 Å². The predicted molar refractivity (Wildman–Crippen MR) is 63.2 cm³/mol. The van der Waals surface area contributed by atoms with Gasteiger partial charge in [-0.15, -0.1) is 0 Å². The van der Waals surface area contributed by atoms with Crippen molar-refractivity contribution in [2.75, 3.05) is 13.1 Å². The molecule has 0 heterocycles. The molecule has 1 heteroatoms. The fraction of sp³-hybridized carbons (Fsp3) is 1.00. The van der Waals surface area contributed by atoms with Crippen molar-refractivity contribution in [1.29, 1.82) is 0 Å². The summed E-state index contributed by atoms with van der Waals surface area (Å²) in [5, 5.41) is 0. The van der Waals surface area contributed by atoms with Crippen LogP contribution in [0.1, 0.15) is 54.9 Å². The molecule has 0 aliphatic carbocycles. The molecular weight excluding hydrogens is 158 g/mol. The molecule has 0 saturated carbocycles. The lowest BCUT2D eigenvalue weighted by molar-refractivity contribution is 0.166. The molecule has 0 bridgehead atoms. The maximum atomic E-state index is 2.55. The van der Waals surface area contributed by atoms with Crippen LogP contribution in [0, 0.1) is 5.92 Å². The molecule has 0 aliphatic rings. The van der Waals surface area contributed by atoms with Crippen LogP contribution in [-0.4, -0.2) is 24.0 Å². The Bertz CT molecular complexity index is 85.1. The lowest BCUT2D eigenvalue weighted by Gasteiger charge is -2.31. The van der Waals surface area contributed by atoms with E-state index < -0.39 is 0 Å². The number of nitrogens with zero attached hydrogens (tertiary/aromatic N) is 1. The minimum atomic E-state index is 0.782. The molecule has 1 atom stereocenters. The molecule has 0 saturated heterocycles. The van der Waals surface area contributed by atoms with Crippen LogP contribution >= 0.6 is 0 Å². The highest BCUT2D eigenvalue weighted by Crippen LogP contribution is 2.13. The third kappa shape index (κ3) is 6.09. The monoisotopic (exact) mass is 187 g/mol. The summed E-state index contributed by atoms with van der Waals surface area (Å²) in [7, 11) is 0. The molecule has 0 N–H and O–H groups in total. The van der Waals surface area contributed by atoms with Gasteiger partial charge in [0.05, 0.1) is 0 Å². The highest BCUT2D eigenvalue weighted by Gasteiger charge is 2.16. The first-order valence-electron chi connectivity index (χ1n) is 5.91. The Labute approximate surface area is 85.5 Å². The van der Waals surface area contributed by atoms with E-state index in [1.165, 1.54) is 19.5 Å². The zero-order valence-corrected chi connectivity index (χ0v) is 10.7. The summed E-state index contributed by atoms with van der Waals surface area (Å²) in [5.74, 6) is 0.792. The first-order chi connectivity index (χ1) is 6.17. The summed E-state index contributed by atoms with van der Waals surface area (Å²) < 4.78 is 0. The third-order valence-electron chi connectivity index (χ3n) is 2.47. The SMILES string of the molecule is CC.CCC(C(C)C)N(CC)CC. The Morgan fingerprint density at radius 2 is 1.31 bits per heavy atom. The van der Waals surface area contributed by atoms with Crippen LogP contribution in [0.4, 0.5) is 0 Å². The van der Waals surface area contributed by atoms with E-state index in [-0.39, 0.29) is 0 Å². The van der Waals surface area contributed by atoms with Crippen molar-refractivity contribution < 1.29 is 0 Å². The number of rotatable bonds is 5. The molecule has 0 fully saturated rings. The van der Waals surface area contributed by atoms with Gasteiger partial charge in [-0.05, 0) is 25.4 Å². The van der Waals surface area contributed by atoms with Crippen molar-refractivity contribution >= 4 is 0 Å². The average molecular weight is 187 g/mol. The first-order valence-corrected chi connectivity index (χ1v) is 5.91. The van der Waals surface area contributed by atoms with Crippen LogP contribution in [-0.2, 0) is 0 Å². The van der Waals surface area contributed by atoms with Crippen molar-refractivity contribution in [2.24, 2.45) is 5.92 Å². The summed E-state index contributed by atoms with van der Waals surface area (Å²) in [5.41, 5.74) is 0. The molecule has 0 aromatic rings. The van der Waals surface area contributed by atoms with Crippen molar-refractivity contribution in [3.05, 3.63) is 0 Å². The number of hydrogen-bond acceptors (Lipinski definition) is 1. The molecule has 0 aromatic heterocycles. The minimum Gasteiger partial charge on any atom is -0.301 e. The van der Waals surface area contributed by atoms with E-state index in [0.29, 0.717) is 0 Å². The second-order valence-electron chi connectivity index (χ2n) is 3.44. The predicted octanol–water partition coefficient (Wildman–Crippen LogP) is 3.79. The molecule has 0 aliphatic heterocycles. The van der Waals surface area contributed by atoms with Gasteiger partial charge in [-0.3, -0.25) is 0 Å². The van der Waals surface area contributed by atoms with E-state index in [2.05, 4.69) is 39.5 Å². The van der Waals surface area contributed by atoms with Crippen molar-refractivity contribution in [1.82, 2.24) is 4.90 Å². The van der Waals surface area contributed by atoms with Gasteiger partial charge in [-0.25, -0.2) is 0 Å². The third-order valence-corrected chi connectivity index (χ3v) is 2.47. The van der Waals surface area contributed by atoms with Gasteiger partial charge >= 0.3 is 0 Å². The van der Waals surface area contributed by atoms with Crippen molar-refractivity contribution in [3.8, 4) is 0 Å². The van der Waals surface area contributed by atoms with E-state index in [1.54, 1.807) is 0 Å². The molecule has 0 amide bonds. The first kappa shape index (κ1) is 15.4. The highest BCUT2D eigenvalue weighted by molar-refractivity contribution is 4.71. The fourth-order valence-corrected chi connectivity index (χ4v) is 1.84. The molecule has 82 valence electrons. The standard InChI is InChI=1S/C10H23N.C2H6/c1-6-10(9(4)5)11(7-2)8-3;1-2/h9-10H,6-8H2,1-5H3;1-2H3. The quantitative estimate of drug-likeness (QED) is 0.633. The highest BCUT2D eigenvalue weighted by atomic mass is 15.1. The largest absolute Gasteiger partial charge is 0.301 e. The van der Waals surface area contributed by atoms with E-state index >= 15 is 0 Å². The lowest BCUT2D eigenvalue weighted by Crippen LogP contribution is -2.38. The molecule has 0 rings (SSSR count). The van der Waals surface area contributed by atoms with Crippen LogP contribution in [0.3, 0.4) is 0 Å². The van der Waals surface area contributed by atoms with Gasteiger partial charge in [-0.1, -0.05) is 48.5 Å². The Morgan fingerprint density at radius 1 is 0.923 bits per heavy atom. The molecular formula is C12H29N. The van der Waals surface area contributed by atoms with Crippen LogP contribution in [0.5, 0.6) is 0 Å².